The molecule has 0 atom stereocenters. The predicted molar refractivity (Wildman–Crippen MR) is 49.5 cm³/mol. The van der Waals surface area contributed by atoms with Crippen LogP contribution in [0.2, 0.25) is 0 Å². The number of rotatable bonds is 2. The zero-order valence-corrected chi connectivity index (χ0v) is 8.55. The van der Waals surface area contributed by atoms with Crippen molar-refractivity contribution >= 4 is 15.9 Å². The van der Waals surface area contributed by atoms with Gasteiger partial charge < -0.3 is 5.73 Å². The molecule has 1 aromatic rings. The topological polar surface area (TPSA) is 62.7 Å². The molecule has 14 heavy (non-hydrogen) atoms. The highest BCUT2D eigenvalue weighted by Gasteiger charge is 2.20. The van der Waals surface area contributed by atoms with Crippen LogP contribution in [-0.2, 0) is 6.54 Å². The standard InChI is InChI=1S/C8H6BrF2N3/c9-5-3-14-6(2-13)7(8(10)11)4(5)1-12/h3,8H,2,13H2. The molecule has 1 heterocycles. The first-order valence-electron chi connectivity index (χ1n) is 3.67. The molecule has 0 unspecified atom stereocenters. The maximum Gasteiger partial charge on any atom is 0.266 e. The van der Waals surface area contributed by atoms with Crippen molar-refractivity contribution in [3.05, 3.63) is 27.5 Å². The molecular weight excluding hydrogens is 256 g/mol. The molecule has 0 spiro atoms. The summed E-state index contributed by atoms with van der Waals surface area (Å²) in [7, 11) is 0. The number of nitriles is 1. The van der Waals surface area contributed by atoms with E-state index in [4.69, 9.17) is 11.0 Å². The summed E-state index contributed by atoms with van der Waals surface area (Å²) in [5.74, 6) is 0. The molecule has 2 N–H and O–H groups in total. The summed E-state index contributed by atoms with van der Waals surface area (Å²) < 4.78 is 25.4. The average Bonchev–Trinajstić information content (AvgIpc) is 2.17. The quantitative estimate of drug-likeness (QED) is 0.887. The van der Waals surface area contributed by atoms with Crippen LogP contribution >= 0.6 is 15.9 Å². The Morgan fingerprint density at radius 2 is 2.29 bits per heavy atom. The Morgan fingerprint density at radius 3 is 2.71 bits per heavy atom. The molecule has 74 valence electrons. The minimum Gasteiger partial charge on any atom is -0.325 e. The lowest BCUT2D eigenvalue weighted by Gasteiger charge is -2.08. The van der Waals surface area contributed by atoms with Gasteiger partial charge in [-0.25, -0.2) is 8.78 Å². The Bertz CT molecular complexity index is 387. The van der Waals surface area contributed by atoms with E-state index in [0.29, 0.717) is 0 Å². The van der Waals surface area contributed by atoms with Gasteiger partial charge in [0, 0.05) is 12.7 Å². The number of nitrogens with two attached hydrogens (primary N) is 1. The van der Waals surface area contributed by atoms with Gasteiger partial charge in [0.2, 0.25) is 0 Å². The van der Waals surface area contributed by atoms with E-state index in [1.165, 1.54) is 6.20 Å². The summed E-state index contributed by atoms with van der Waals surface area (Å²) in [5, 5.41) is 8.69. The van der Waals surface area contributed by atoms with E-state index >= 15 is 0 Å². The number of hydrogen-bond donors (Lipinski definition) is 1. The summed E-state index contributed by atoms with van der Waals surface area (Å²) in [6, 6.07) is 1.70. The molecule has 3 nitrogen and oxygen atoms in total. The van der Waals surface area contributed by atoms with Crippen molar-refractivity contribution < 1.29 is 8.78 Å². The van der Waals surface area contributed by atoms with Gasteiger partial charge in [-0.15, -0.1) is 0 Å². The highest BCUT2D eigenvalue weighted by atomic mass is 79.9. The fourth-order valence-corrected chi connectivity index (χ4v) is 1.46. The molecule has 0 radical (unpaired) electrons. The fraction of sp³-hybridized carbons (Fsp3) is 0.250. The van der Waals surface area contributed by atoms with Crippen LogP contribution < -0.4 is 5.73 Å². The predicted octanol–water partition coefficient (Wildman–Crippen LogP) is 2.11. The zero-order chi connectivity index (χ0) is 10.7. The summed E-state index contributed by atoms with van der Waals surface area (Å²) in [6.45, 7) is -0.109. The van der Waals surface area contributed by atoms with Gasteiger partial charge in [0.05, 0.1) is 21.3 Å². The molecule has 1 aromatic heterocycles. The normalized spacial score (nSPS) is 10.3. The second kappa shape index (κ2) is 4.44. The van der Waals surface area contributed by atoms with Crippen LogP contribution in [0.1, 0.15) is 23.2 Å². The first-order valence-corrected chi connectivity index (χ1v) is 4.46. The van der Waals surface area contributed by atoms with Crippen LogP contribution in [-0.4, -0.2) is 4.98 Å². The van der Waals surface area contributed by atoms with Crippen LogP contribution in [0.15, 0.2) is 10.7 Å². The van der Waals surface area contributed by atoms with E-state index in [1.807, 2.05) is 0 Å². The Kier molecular flexibility index (Phi) is 3.49. The minimum absolute atomic E-state index is 0.0553. The van der Waals surface area contributed by atoms with E-state index in [1.54, 1.807) is 6.07 Å². The van der Waals surface area contributed by atoms with Crippen LogP contribution in [0.25, 0.3) is 0 Å². The summed E-state index contributed by atoms with van der Waals surface area (Å²) in [6.07, 6.45) is -1.44. The molecule has 0 amide bonds. The van der Waals surface area contributed by atoms with Gasteiger partial charge in [-0.05, 0) is 15.9 Å². The Labute approximate surface area is 87.7 Å². The molecule has 0 aliphatic rings. The minimum atomic E-state index is -2.74. The van der Waals surface area contributed by atoms with Crippen molar-refractivity contribution in [1.82, 2.24) is 4.98 Å². The highest BCUT2D eigenvalue weighted by Crippen LogP contribution is 2.29. The summed E-state index contributed by atoms with van der Waals surface area (Å²) in [5.41, 5.74) is 4.81. The second-order valence-corrected chi connectivity index (χ2v) is 3.31. The van der Waals surface area contributed by atoms with Gasteiger partial charge in [0.25, 0.3) is 6.43 Å². The maximum absolute atomic E-state index is 12.6. The average molecular weight is 262 g/mol. The smallest absolute Gasteiger partial charge is 0.266 e. The number of aromatic nitrogens is 1. The van der Waals surface area contributed by atoms with Crippen LogP contribution in [0.3, 0.4) is 0 Å². The fourth-order valence-electron chi connectivity index (χ4n) is 1.05. The van der Waals surface area contributed by atoms with Gasteiger partial charge in [0.15, 0.2) is 0 Å². The molecule has 0 aliphatic carbocycles. The number of pyridine rings is 1. The van der Waals surface area contributed by atoms with Crippen molar-refractivity contribution in [2.75, 3.05) is 0 Å². The Morgan fingerprint density at radius 1 is 1.64 bits per heavy atom. The lowest BCUT2D eigenvalue weighted by Crippen LogP contribution is -2.07. The first kappa shape index (κ1) is 11.0. The van der Waals surface area contributed by atoms with Crippen molar-refractivity contribution in [3.63, 3.8) is 0 Å². The number of halogens is 3. The van der Waals surface area contributed by atoms with Crippen molar-refractivity contribution in [2.24, 2.45) is 5.73 Å². The zero-order valence-electron chi connectivity index (χ0n) is 6.97. The summed E-state index contributed by atoms with van der Waals surface area (Å²) >= 11 is 2.98. The third-order valence-electron chi connectivity index (χ3n) is 1.68. The van der Waals surface area contributed by atoms with Crippen LogP contribution in [0.5, 0.6) is 0 Å². The van der Waals surface area contributed by atoms with E-state index in [-0.39, 0.29) is 27.8 Å². The van der Waals surface area contributed by atoms with E-state index < -0.39 is 6.43 Å². The highest BCUT2D eigenvalue weighted by molar-refractivity contribution is 9.10. The molecule has 1 rings (SSSR count). The molecule has 0 bridgehead atoms. The van der Waals surface area contributed by atoms with E-state index in [9.17, 15) is 8.78 Å². The van der Waals surface area contributed by atoms with Crippen molar-refractivity contribution in [2.45, 2.75) is 13.0 Å². The van der Waals surface area contributed by atoms with E-state index in [0.717, 1.165) is 0 Å². The molecule has 0 fully saturated rings. The van der Waals surface area contributed by atoms with Gasteiger partial charge >= 0.3 is 0 Å². The molecule has 0 saturated heterocycles. The van der Waals surface area contributed by atoms with Gasteiger partial charge in [0.1, 0.15) is 6.07 Å². The third-order valence-corrected chi connectivity index (χ3v) is 2.28. The first-order chi connectivity index (χ1) is 6.61. The molecule has 0 aromatic carbocycles. The van der Waals surface area contributed by atoms with Crippen LogP contribution in [0, 0.1) is 11.3 Å². The van der Waals surface area contributed by atoms with Gasteiger partial charge in [-0.2, -0.15) is 5.26 Å². The molecule has 0 saturated carbocycles. The van der Waals surface area contributed by atoms with Crippen LogP contribution in [0.4, 0.5) is 8.78 Å². The SMILES string of the molecule is N#Cc1c(Br)cnc(CN)c1C(F)F. The van der Waals surface area contributed by atoms with Gasteiger partial charge in [-0.3, -0.25) is 4.98 Å². The molecular formula is C8H6BrF2N3. The monoisotopic (exact) mass is 261 g/mol. The second-order valence-electron chi connectivity index (χ2n) is 2.46. The lowest BCUT2D eigenvalue weighted by molar-refractivity contribution is 0.149. The van der Waals surface area contributed by atoms with Gasteiger partial charge in [-0.1, -0.05) is 0 Å². The Hall–Kier alpha value is -1.06. The lowest BCUT2D eigenvalue weighted by atomic mass is 10.1. The van der Waals surface area contributed by atoms with Crippen molar-refractivity contribution in [1.29, 1.82) is 5.26 Å². The largest absolute Gasteiger partial charge is 0.325 e. The molecule has 0 aliphatic heterocycles. The molecule has 6 heteroatoms. The number of alkyl halides is 2. The Balaban J connectivity index is 3.46. The van der Waals surface area contributed by atoms with E-state index in [2.05, 4.69) is 20.9 Å². The number of hydrogen-bond acceptors (Lipinski definition) is 3. The number of nitrogens with zero attached hydrogens (tertiary/aromatic N) is 2. The summed E-state index contributed by atoms with van der Waals surface area (Å²) in [4.78, 5) is 3.72. The third kappa shape index (κ3) is 1.89. The maximum atomic E-state index is 12.6. The van der Waals surface area contributed by atoms with Crippen molar-refractivity contribution in [3.8, 4) is 6.07 Å².